The summed E-state index contributed by atoms with van der Waals surface area (Å²) in [5.41, 5.74) is 1.39. The lowest BCUT2D eigenvalue weighted by Crippen LogP contribution is -2.45. The van der Waals surface area contributed by atoms with Crippen LogP contribution in [0, 0.1) is 11.2 Å². The van der Waals surface area contributed by atoms with Crippen molar-refractivity contribution in [1.82, 2.24) is 30.0 Å². The molecule has 180 valence electrons. The van der Waals surface area contributed by atoms with E-state index in [1.807, 2.05) is 6.92 Å². The Kier molecular flexibility index (Phi) is 5.68. The van der Waals surface area contributed by atoms with Crippen molar-refractivity contribution >= 4 is 11.9 Å². The van der Waals surface area contributed by atoms with Crippen LogP contribution in [0.5, 0.6) is 0 Å². The standard InChI is InChI=1S/C23H27FN6O4/c1-14-10-23(22(33)30(14)19-12-34-21(32)15(19)2)5-7-28(8-6-23)11-20(31)17-4-3-16(9-18(17)24)29-13-25-26-27-29/h3-4,9,13-14,20,31H,5-8,10-12H2,1-2H3/t14?,20-/m1/s1. The normalized spacial score (nSPS) is 23.8. The first-order valence-corrected chi connectivity index (χ1v) is 11.4. The number of nitrogens with zero attached hydrogens (tertiary/aromatic N) is 6. The quantitative estimate of drug-likeness (QED) is 0.652. The first-order valence-electron chi connectivity index (χ1n) is 11.4. The van der Waals surface area contributed by atoms with Crippen LogP contribution in [0.4, 0.5) is 4.39 Å². The molecule has 1 unspecified atom stereocenters. The van der Waals surface area contributed by atoms with E-state index < -0.39 is 17.3 Å². The fourth-order valence-electron chi connectivity index (χ4n) is 5.44. The molecule has 2 saturated heterocycles. The van der Waals surface area contributed by atoms with E-state index in [1.54, 1.807) is 24.0 Å². The van der Waals surface area contributed by atoms with Gasteiger partial charge in [0, 0.05) is 24.2 Å². The predicted molar refractivity (Wildman–Crippen MR) is 117 cm³/mol. The number of piperidine rings is 1. The van der Waals surface area contributed by atoms with Crippen LogP contribution >= 0.6 is 0 Å². The maximum Gasteiger partial charge on any atom is 0.336 e. The number of aliphatic hydroxyl groups excluding tert-OH is 1. The predicted octanol–water partition coefficient (Wildman–Crippen LogP) is 1.37. The first kappa shape index (κ1) is 22.6. The molecule has 0 bridgehead atoms. The summed E-state index contributed by atoms with van der Waals surface area (Å²) in [6.07, 6.45) is 2.40. The van der Waals surface area contributed by atoms with Crippen molar-refractivity contribution in [2.75, 3.05) is 26.2 Å². The van der Waals surface area contributed by atoms with Crippen molar-refractivity contribution in [2.45, 2.75) is 45.3 Å². The monoisotopic (exact) mass is 470 g/mol. The second-order valence-electron chi connectivity index (χ2n) is 9.43. The number of likely N-dealkylation sites (tertiary alicyclic amines) is 2. The Morgan fingerprint density at radius 2 is 2.06 bits per heavy atom. The summed E-state index contributed by atoms with van der Waals surface area (Å²) in [5, 5.41) is 21.5. The lowest BCUT2D eigenvalue weighted by molar-refractivity contribution is -0.139. The third-order valence-electron chi connectivity index (χ3n) is 7.37. The van der Waals surface area contributed by atoms with Gasteiger partial charge in [-0.1, -0.05) is 6.07 Å². The minimum atomic E-state index is -0.999. The summed E-state index contributed by atoms with van der Waals surface area (Å²) in [6, 6.07) is 4.49. The second-order valence-corrected chi connectivity index (χ2v) is 9.43. The molecule has 2 aromatic rings. The highest BCUT2D eigenvalue weighted by Gasteiger charge is 2.53. The molecule has 34 heavy (non-hydrogen) atoms. The number of benzene rings is 1. The fraction of sp³-hybridized carbons (Fsp3) is 0.522. The maximum absolute atomic E-state index is 14.7. The highest BCUT2D eigenvalue weighted by molar-refractivity contribution is 5.94. The summed E-state index contributed by atoms with van der Waals surface area (Å²) in [7, 11) is 0. The third kappa shape index (κ3) is 3.78. The minimum absolute atomic E-state index is 0.00288. The zero-order valence-corrected chi connectivity index (χ0v) is 19.1. The van der Waals surface area contributed by atoms with E-state index >= 15 is 0 Å². The molecule has 2 fully saturated rings. The van der Waals surface area contributed by atoms with E-state index in [4.69, 9.17) is 4.74 Å². The average Bonchev–Trinajstić information content (AvgIpc) is 3.51. The number of amides is 1. The van der Waals surface area contributed by atoms with Crippen molar-refractivity contribution in [2.24, 2.45) is 5.41 Å². The molecule has 1 amide bonds. The zero-order valence-electron chi connectivity index (χ0n) is 19.1. The summed E-state index contributed by atoms with van der Waals surface area (Å²) >= 11 is 0. The Morgan fingerprint density at radius 3 is 2.68 bits per heavy atom. The molecule has 3 aliphatic rings. The summed E-state index contributed by atoms with van der Waals surface area (Å²) < 4.78 is 21.1. The SMILES string of the molecule is CC1=C(N2C(=O)C3(CCN(C[C@@H](O)c4ccc(-n5cnnn5)cc4F)CC3)CC2C)COC1=O. The van der Waals surface area contributed by atoms with Crippen LogP contribution in [-0.4, -0.2) is 79.3 Å². The molecule has 10 nitrogen and oxygen atoms in total. The van der Waals surface area contributed by atoms with Crippen LogP contribution in [0.25, 0.3) is 5.69 Å². The van der Waals surface area contributed by atoms with Gasteiger partial charge in [0.2, 0.25) is 5.91 Å². The number of ether oxygens (including phenoxy) is 1. The number of β-amino-alcohol motifs (C(OH)–C–C–N with tert-alkyl or cyclic N) is 1. The number of hydrogen-bond donors (Lipinski definition) is 1. The van der Waals surface area contributed by atoms with Gasteiger partial charge < -0.3 is 19.6 Å². The summed E-state index contributed by atoms with van der Waals surface area (Å²) in [6.45, 7) is 5.38. The largest absolute Gasteiger partial charge is 0.456 e. The highest BCUT2D eigenvalue weighted by atomic mass is 19.1. The number of hydrogen-bond acceptors (Lipinski definition) is 8. The van der Waals surface area contributed by atoms with Gasteiger partial charge in [-0.2, -0.15) is 0 Å². The molecule has 4 heterocycles. The van der Waals surface area contributed by atoms with Crippen molar-refractivity contribution < 1.29 is 23.8 Å². The molecule has 1 N–H and O–H groups in total. The highest BCUT2D eigenvalue weighted by Crippen LogP contribution is 2.46. The van der Waals surface area contributed by atoms with Gasteiger partial charge in [-0.05, 0) is 62.7 Å². The molecule has 5 rings (SSSR count). The van der Waals surface area contributed by atoms with Crippen molar-refractivity contribution in [3.05, 3.63) is 47.2 Å². The Balaban J connectivity index is 1.23. The molecule has 0 aliphatic carbocycles. The number of rotatable bonds is 5. The lowest BCUT2D eigenvalue weighted by atomic mass is 9.76. The van der Waals surface area contributed by atoms with Gasteiger partial charge in [-0.25, -0.2) is 13.9 Å². The van der Waals surface area contributed by atoms with Gasteiger partial charge in [0.1, 0.15) is 18.8 Å². The Morgan fingerprint density at radius 1 is 1.29 bits per heavy atom. The third-order valence-corrected chi connectivity index (χ3v) is 7.37. The van der Waals surface area contributed by atoms with Crippen molar-refractivity contribution in [1.29, 1.82) is 0 Å². The number of esters is 1. The Labute approximate surface area is 196 Å². The molecule has 1 aromatic carbocycles. The number of carbonyl (C=O) groups excluding carboxylic acids is 2. The van der Waals surface area contributed by atoms with Gasteiger partial charge >= 0.3 is 5.97 Å². The lowest BCUT2D eigenvalue weighted by Gasteiger charge is -2.38. The van der Waals surface area contributed by atoms with E-state index in [1.165, 1.54) is 17.1 Å². The first-order chi connectivity index (χ1) is 16.3. The van der Waals surface area contributed by atoms with Crippen LogP contribution in [0.15, 0.2) is 35.8 Å². The molecule has 2 atom stereocenters. The molecule has 3 aliphatic heterocycles. The second kappa shape index (κ2) is 8.55. The minimum Gasteiger partial charge on any atom is -0.456 e. The molecular weight excluding hydrogens is 443 g/mol. The molecule has 1 spiro atoms. The van der Waals surface area contributed by atoms with Crippen molar-refractivity contribution in [3.8, 4) is 5.69 Å². The maximum atomic E-state index is 14.7. The molecule has 11 heteroatoms. The number of halogens is 1. The Bertz CT molecular complexity index is 1140. The van der Waals surface area contributed by atoms with Crippen LogP contribution in [0.1, 0.15) is 44.8 Å². The number of cyclic esters (lactones) is 1. The van der Waals surface area contributed by atoms with Gasteiger partial charge in [0.25, 0.3) is 0 Å². The molecule has 0 radical (unpaired) electrons. The number of aromatic nitrogens is 4. The van der Waals surface area contributed by atoms with E-state index in [9.17, 15) is 19.1 Å². The van der Waals surface area contributed by atoms with E-state index in [0.717, 1.165) is 6.42 Å². The van der Waals surface area contributed by atoms with Gasteiger partial charge in [-0.15, -0.1) is 5.10 Å². The summed E-state index contributed by atoms with van der Waals surface area (Å²) in [5.74, 6) is -0.837. The van der Waals surface area contributed by atoms with Gasteiger partial charge in [-0.3, -0.25) is 4.79 Å². The van der Waals surface area contributed by atoms with Crippen molar-refractivity contribution in [3.63, 3.8) is 0 Å². The van der Waals surface area contributed by atoms with Crippen LogP contribution < -0.4 is 0 Å². The van der Waals surface area contributed by atoms with Crippen LogP contribution in [-0.2, 0) is 14.3 Å². The van der Waals surface area contributed by atoms with Crippen LogP contribution in [0.2, 0.25) is 0 Å². The summed E-state index contributed by atoms with van der Waals surface area (Å²) in [4.78, 5) is 29.1. The van der Waals surface area contributed by atoms with E-state index in [-0.39, 0.29) is 36.6 Å². The van der Waals surface area contributed by atoms with Gasteiger partial charge in [0.15, 0.2) is 0 Å². The fourth-order valence-corrected chi connectivity index (χ4v) is 5.44. The smallest absolute Gasteiger partial charge is 0.336 e. The number of tetrazole rings is 1. The zero-order chi connectivity index (χ0) is 24.0. The molecule has 0 saturated carbocycles. The molecular formula is C23H27FN6O4. The van der Waals surface area contributed by atoms with E-state index in [2.05, 4.69) is 20.4 Å². The topological polar surface area (TPSA) is 114 Å². The molecule has 1 aromatic heterocycles. The van der Waals surface area contributed by atoms with Crippen LogP contribution in [0.3, 0.4) is 0 Å². The number of carbonyl (C=O) groups is 2. The number of aliphatic hydroxyl groups is 1. The Hall–Kier alpha value is -3.18. The van der Waals surface area contributed by atoms with Gasteiger partial charge in [0.05, 0.1) is 28.5 Å². The average molecular weight is 471 g/mol. The van der Waals surface area contributed by atoms with E-state index in [0.29, 0.717) is 42.9 Å².